The first-order valence-electron chi connectivity index (χ1n) is 5.59. The van der Waals surface area contributed by atoms with Gasteiger partial charge in [0, 0.05) is 10.9 Å². The molecule has 0 heterocycles. The molecule has 2 saturated carbocycles. The van der Waals surface area contributed by atoms with E-state index in [2.05, 4.69) is 20.7 Å². The third-order valence-electron chi connectivity index (χ3n) is 3.58. The predicted octanol–water partition coefficient (Wildman–Crippen LogP) is 2.16. The van der Waals surface area contributed by atoms with Crippen molar-refractivity contribution in [3.05, 3.63) is 0 Å². The van der Waals surface area contributed by atoms with Gasteiger partial charge in [0.05, 0.1) is 4.75 Å². The summed E-state index contributed by atoms with van der Waals surface area (Å²) in [7, 11) is -3.07. The summed E-state index contributed by atoms with van der Waals surface area (Å²) in [5, 5.41) is 0. The Labute approximate surface area is 100 Å². The average Bonchev–Trinajstić information content (AvgIpc) is 2.89. The van der Waals surface area contributed by atoms with Gasteiger partial charge in [0.25, 0.3) is 0 Å². The second kappa shape index (κ2) is 4.00. The highest BCUT2D eigenvalue weighted by atomic mass is 79.9. The lowest BCUT2D eigenvalue weighted by atomic mass is 9.96. The van der Waals surface area contributed by atoms with Crippen LogP contribution in [0.3, 0.4) is 0 Å². The molecule has 2 aliphatic rings. The van der Waals surface area contributed by atoms with Gasteiger partial charge in [-0.05, 0) is 45.4 Å². The van der Waals surface area contributed by atoms with Gasteiger partial charge in [0.2, 0.25) is 10.0 Å². The van der Waals surface area contributed by atoms with Crippen LogP contribution in [0.5, 0.6) is 0 Å². The quantitative estimate of drug-likeness (QED) is 0.811. The SMILES string of the molecule is CC1(S(=O)(=O)NC2CCC(Br)CC2)CC1. The van der Waals surface area contributed by atoms with E-state index < -0.39 is 14.8 Å². The van der Waals surface area contributed by atoms with E-state index in [0.717, 1.165) is 38.5 Å². The van der Waals surface area contributed by atoms with Crippen molar-refractivity contribution in [2.24, 2.45) is 0 Å². The smallest absolute Gasteiger partial charge is 0.212 e. The van der Waals surface area contributed by atoms with E-state index >= 15 is 0 Å². The van der Waals surface area contributed by atoms with Crippen molar-refractivity contribution < 1.29 is 8.42 Å². The van der Waals surface area contributed by atoms with Gasteiger partial charge in [-0.15, -0.1) is 0 Å². The van der Waals surface area contributed by atoms with Crippen LogP contribution in [-0.4, -0.2) is 24.0 Å². The van der Waals surface area contributed by atoms with Gasteiger partial charge in [-0.25, -0.2) is 13.1 Å². The summed E-state index contributed by atoms with van der Waals surface area (Å²) < 4.78 is 26.3. The average molecular weight is 296 g/mol. The fourth-order valence-corrected chi connectivity index (χ4v) is 4.10. The lowest BCUT2D eigenvalue weighted by Crippen LogP contribution is -2.42. The number of rotatable bonds is 3. The van der Waals surface area contributed by atoms with Crippen LogP contribution >= 0.6 is 15.9 Å². The summed E-state index contributed by atoms with van der Waals surface area (Å²) in [5.74, 6) is 0. The van der Waals surface area contributed by atoms with Gasteiger partial charge in [0.1, 0.15) is 0 Å². The van der Waals surface area contributed by atoms with Crippen LogP contribution in [0.4, 0.5) is 0 Å². The summed E-state index contributed by atoms with van der Waals surface area (Å²) in [6, 6.07) is 0.168. The zero-order valence-corrected chi connectivity index (χ0v) is 11.4. The molecule has 0 atom stereocenters. The zero-order valence-electron chi connectivity index (χ0n) is 9.00. The van der Waals surface area contributed by atoms with Gasteiger partial charge in [-0.2, -0.15) is 0 Å². The van der Waals surface area contributed by atoms with Crippen molar-refractivity contribution in [3.8, 4) is 0 Å². The molecule has 0 unspecified atom stereocenters. The second-order valence-corrected chi connectivity index (χ2v) is 8.54. The van der Waals surface area contributed by atoms with E-state index in [1.165, 1.54) is 0 Å². The molecule has 0 bridgehead atoms. The lowest BCUT2D eigenvalue weighted by molar-refractivity contribution is 0.420. The molecule has 0 aliphatic heterocycles. The minimum Gasteiger partial charge on any atom is -0.212 e. The Morgan fingerprint density at radius 2 is 1.73 bits per heavy atom. The van der Waals surface area contributed by atoms with Crippen LogP contribution < -0.4 is 4.72 Å². The van der Waals surface area contributed by atoms with Crippen molar-refractivity contribution in [1.82, 2.24) is 4.72 Å². The highest BCUT2D eigenvalue weighted by molar-refractivity contribution is 9.09. The molecule has 3 nitrogen and oxygen atoms in total. The summed E-state index contributed by atoms with van der Waals surface area (Å²) in [6.07, 6.45) is 5.70. The Morgan fingerprint density at radius 1 is 1.20 bits per heavy atom. The van der Waals surface area contributed by atoms with E-state index in [0.29, 0.717) is 4.83 Å². The molecule has 2 fully saturated rings. The van der Waals surface area contributed by atoms with Crippen molar-refractivity contribution in [1.29, 1.82) is 0 Å². The molecule has 0 saturated heterocycles. The predicted molar refractivity (Wildman–Crippen MR) is 64.7 cm³/mol. The van der Waals surface area contributed by atoms with Crippen LogP contribution in [0.2, 0.25) is 0 Å². The third-order valence-corrected chi connectivity index (χ3v) is 6.85. The van der Waals surface area contributed by atoms with Gasteiger partial charge < -0.3 is 0 Å². The zero-order chi connectivity index (χ0) is 11.1. The fraction of sp³-hybridized carbons (Fsp3) is 1.00. The normalized spacial score (nSPS) is 35.1. The molecule has 0 radical (unpaired) electrons. The Hall–Kier alpha value is 0.390. The van der Waals surface area contributed by atoms with E-state index in [1.54, 1.807) is 0 Å². The number of nitrogens with one attached hydrogen (secondary N) is 1. The summed E-state index contributed by atoms with van der Waals surface area (Å²) in [4.78, 5) is 0.578. The van der Waals surface area contributed by atoms with Crippen molar-refractivity contribution >= 4 is 26.0 Å². The first-order chi connectivity index (χ1) is 6.93. The van der Waals surface area contributed by atoms with E-state index in [4.69, 9.17) is 0 Å². The van der Waals surface area contributed by atoms with Crippen molar-refractivity contribution in [2.75, 3.05) is 0 Å². The Morgan fingerprint density at radius 3 is 2.20 bits per heavy atom. The summed E-state index contributed by atoms with van der Waals surface area (Å²) in [5.41, 5.74) is 0. The van der Waals surface area contributed by atoms with Crippen LogP contribution in [0, 0.1) is 0 Å². The molecule has 0 aromatic rings. The Kier molecular flexibility index (Phi) is 3.17. The van der Waals surface area contributed by atoms with E-state index in [9.17, 15) is 8.42 Å². The molecule has 0 spiro atoms. The first kappa shape index (κ1) is 11.9. The summed E-state index contributed by atoms with van der Waals surface area (Å²) >= 11 is 3.57. The molecular formula is C10H18BrNO2S. The van der Waals surface area contributed by atoms with E-state index in [1.807, 2.05) is 6.92 Å². The lowest BCUT2D eigenvalue weighted by Gasteiger charge is -2.27. The summed E-state index contributed by atoms with van der Waals surface area (Å²) in [6.45, 7) is 1.84. The van der Waals surface area contributed by atoms with Gasteiger partial charge in [-0.1, -0.05) is 15.9 Å². The van der Waals surface area contributed by atoms with Crippen molar-refractivity contribution in [3.63, 3.8) is 0 Å². The molecule has 88 valence electrons. The topological polar surface area (TPSA) is 46.2 Å². The molecule has 0 aromatic carbocycles. The molecule has 1 N–H and O–H groups in total. The standard InChI is InChI=1S/C10H18BrNO2S/c1-10(6-7-10)15(13,14)12-9-4-2-8(11)3-5-9/h8-9,12H,2-7H2,1H3. The minimum atomic E-state index is -3.07. The van der Waals surface area contributed by atoms with E-state index in [-0.39, 0.29) is 6.04 Å². The fourth-order valence-electron chi connectivity index (χ4n) is 1.98. The molecule has 2 aliphatic carbocycles. The number of hydrogen-bond donors (Lipinski definition) is 1. The van der Waals surface area contributed by atoms with Crippen LogP contribution in [-0.2, 0) is 10.0 Å². The molecule has 0 aromatic heterocycles. The molecule has 0 amide bonds. The molecule has 15 heavy (non-hydrogen) atoms. The second-order valence-electron chi connectivity index (χ2n) is 5.02. The Bertz CT molecular complexity index is 329. The highest BCUT2D eigenvalue weighted by Crippen LogP contribution is 2.42. The molecule has 5 heteroatoms. The maximum absolute atomic E-state index is 11.9. The maximum Gasteiger partial charge on any atom is 0.217 e. The van der Waals surface area contributed by atoms with Crippen molar-refractivity contribution in [2.45, 2.75) is 61.1 Å². The maximum atomic E-state index is 11.9. The molecular weight excluding hydrogens is 278 g/mol. The van der Waals surface area contributed by atoms with Crippen LogP contribution in [0.15, 0.2) is 0 Å². The number of hydrogen-bond acceptors (Lipinski definition) is 2. The number of sulfonamides is 1. The first-order valence-corrected chi connectivity index (χ1v) is 7.99. The molecule has 2 rings (SSSR count). The third kappa shape index (κ3) is 2.56. The number of alkyl halides is 1. The Balaban J connectivity index is 1.92. The largest absolute Gasteiger partial charge is 0.217 e. The number of halogens is 1. The monoisotopic (exact) mass is 295 g/mol. The van der Waals surface area contributed by atoms with Gasteiger partial charge in [-0.3, -0.25) is 0 Å². The van der Waals surface area contributed by atoms with Crippen LogP contribution in [0.1, 0.15) is 45.4 Å². The van der Waals surface area contributed by atoms with Gasteiger partial charge >= 0.3 is 0 Å². The van der Waals surface area contributed by atoms with Gasteiger partial charge in [0.15, 0.2) is 0 Å². The minimum absolute atomic E-state index is 0.168. The van der Waals surface area contributed by atoms with Crippen LogP contribution in [0.25, 0.3) is 0 Å². The highest BCUT2D eigenvalue weighted by Gasteiger charge is 2.50.